The number of ether oxygens (including phenoxy) is 2. The molecule has 0 saturated heterocycles. The molecule has 35 heavy (non-hydrogen) atoms. The molecule has 8 bridgehead atoms. The molecule has 0 fully saturated rings. The van der Waals surface area contributed by atoms with Gasteiger partial charge in [0.2, 0.25) is 5.95 Å². The molecule has 0 spiro atoms. The van der Waals surface area contributed by atoms with Gasteiger partial charge in [0.1, 0.15) is 24.2 Å². The summed E-state index contributed by atoms with van der Waals surface area (Å²) >= 11 is 0. The van der Waals surface area contributed by atoms with Crippen LogP contribution in [0.25, 0.3) is 0 Å². The topological polar surface area (TPSA) is 147 Å². The molecule has 0 radical (unpaired) electrons. The number of hydrogen-bond acceptors (Lipinski definition) is 9. The number of aromatic nitrogens is 2. The lowest BCUT2D eigenvalue weighted by atomic mass is 10.0. The Kier molecular flexibility index (Phi) is 5.57. The number of carbonyl (C=O) groups excluding carboxylic acids is 2. The van der Waals surface area contributed by atoms with Crippen molar-refractivity contribution in [3.8, 4) is 11.5 Å². The van der Waals surface area contributed by atoms with Gasteiger partial charge in [0.15, 0.2) is 11.6 Å². The molecule has 12 heteroatoms. The first-order valence-electron chi connectivity index (χ1n) is 10.7. The molecule has 7 aliphatic heterocycles. The average Bonchev–Trinajstić information content (AvgIpc) is 2.84. The van der Waals surface area contributed by atoms with Crippen LogP contribution in [0.4, 0.5) is 33.2 Å². The number of hydrogen-bond donors (Lipinski definition) is 5. The van der Waals surface area contributed by atoms with E-state index in [-0.39, 0.29) is 36.4 Å². The van der Waals surface area contributed by atoms with Gasteiger partial charge in [-0.2, -0.15) is 4.98 Å². The number of rotatable bonds is 0. The third kappa shape index (κ3) is 4.51. The third-order valence-corrected chi connectivity index (χ3v) is 5.47. The molecule has 2 amide bonds. The Bertz CT molecular complexity index is 1300. The minimum absolute atomic E-state index is 0.0884. The van der Waals surface area contributed by atoms with Gasteiger partial charge in [-0.05, 0) is 49.4 Å². The smallest absolute Gasteiger partial charge is 0.278 e. The number of nitrogens with zero attached hydrogens (tertiary/aromatic N) is 2. The van der Waals surface area contributed by atoms with Crippen molar-refractivity contribution >= 4 is 40.6 Å². The first-order valence-corrected chi connectivity index (χ1v) is 10.7. The summed E-state index contributed by atoms with van der Waals surface area (Å²) in [5, 5.41) is 21.2. The number of halogens is 1. The van der Waals surface area contributed by atoms with Crippen molar-refractivity contribution in [1.82, 2.24) is 15.3 Å². The normalized spacial score (nSPS) is 21.5. The molecule has 2 atom stereocenters. The van der Waals surface area contributed by atoms with Crippen LogP contribution in [0.3, 0.4) is 0 Å². The number of aliphatic hydroxyl groups excluding tert-OH is 1. The minimum atomic E-state index is -1.86. The maximum atomic E-state index is 14.4. The Labute approximate surface area is 198 Å². The summed E-state index contributed by atoms with van der Waals surface area (Å²) in [5.74, 6) is -1.32. The van der Waals surface area contributed by atoms with E-state index in [0.29, 0.717) is 17.1 Å². The molecule has 2 unspecified atom stereocenters. The van der Waals surface area contributed by atoms with Crippen LogP contribution < -0.4 is 30.7 Å². The zero-order valence-electron chi connectivity index (χ0n) is 18.5. The largest absolute Gasteiger partial charge is 0.491 e. The highest BCUT2D eigenvalue weighted by molar-refractivity contribution is 6.15. The summed E-state index contributed by atoms with van der Waals surface area (Å²) in [6.07, 6.45) is -0.00704. The number of amides is 2. The molecule has 180 valence electrons. The van der Waals surface area contributed by atoms with E-state index >= 15 is 0 Å². The maximum absolute atomic E-state index is 14.4. The lowest BCUT2D eigenvalue weighted by Crippen LogP contribution is -2.59. The monoisotopic (exact) mass is 480 g/mol. The molecule has 2 aromatic carbocycles. The summed E-state index contributed by atoms with van der Waals surface area (Å²) in [7, 11) is 0. The molecule has 7 aliphatic rings. The van der Waals surface area contributed by atoms with Crippen LogP contribution >= 0.6 is 0 Å². The Hall–Kier alpha value is -4.45. The predicted molar refractivity (Wildman–Crippen MR) is 124 cm³/mol. The van der Waals surface area contributed by atoms with Gasteiger partial charge in [-0.3, -0.25) is 9.59 Å². The number of carbonyl (C=O) groups is 2. The summed E-state index contributed by atoms with van der Waals surface area (Å²) in [5.41, 5.74) is -0.529. The fourth-order valence-corrected chi connectivity index (χ4v) is 3.50. The van der Waals surface area contributed by atoms with E-state index in [1.165, 1.54) is 19.1 Å². The maximum Gasteiger partial charge on any atom is 0.278 e. The average molecular weight is 480 g/mol. The molecule has 5 N–H and O–H groups in total. The SMILES string of the molecule is CC12Oc3ccc(cc3NC1=O)Nc1nc(ncc1F)Nc1ccc(cc1)OCC(O)CNC2=O. The van der Waals surface area contributed by atoms with Crippen LogP contribution in [0.2, 0.25) is 0 Å². The van der Waals surface area contributed by atoms with Gasteiger partial charge in [0.05, 0.1) is 11.9 Å². The highest BCUT2D eigenvalue weighted by atomic mass is 19.1. The van der Waals surface area contributed by atoms with E-state index in [0.717, 1.165) is 6.20 Å². The van der Waals surface area contributed by atoms with Crippen molar-refractivity contribution in [1.29, 1.82) is 0 Å². The van der Waals surface area contributed by atoms with Crippen LogP contribution in [0, 0.1) is 5.82 Å². The Morgan fingerprint density at radius 1 is 1.06 bits per heavy atom. The van der Waals surface area contributed by atoms with E-state index in [9.17, 15) is 19.1 Å². The van der Waals surface area contributed by atoms with E-state index in [1.807, 2.05) is 0 Å². The summed E-state index contributed by atoms with van der Waals surface area (Å²) in [4.78, 5) is 33.7. The van der Waals surface area contributed by atoms with Gasteiger partial charge in [-0.15, -0.1) is 0 Å². The number of aliphatic hydroxyl groups is 1. The second-order valence-corrected chi connectivity index (χ2v) is 8.14. The molecule has 11 nitrogen and oxygen atoms in total. The van der Waals surface area contributed by atoms with Crippen molar-refractivity contribution in [2.24, 2.45) is 0 Å². The van der Waals surface area contributed by atoms with Crippen LogP contribution in [-0.2, 0) is 9.59 Å². The highest BCUT2D eigenvalue weighted by Crippen LogP contribution is 2.36. The highest BCUT2D eigenvalue weighted by Gasteiger charge is 2.47. The van der Waals surface area contributed by atoms with Crippen molar-refractivity contribution in [3.63, 3.8) is 0 Å². The van der Waals surface area contributed by atoms with E-state index in [1.54, 1.807) is 30.3 Å². The molecule has 3 aromatic rings. The predicted octanol–water partition coefficient (Wildman–Crippen LogP) is 2.06. The van der Waals surface area contributed by atoms with Crippen molar-refractivity contribution in [2.75, 3.05) is 29.1 Å². The zero-order valence-corrected chi connectivity index (χ0v) is 18.5. The number of anilines is 5. The van der Waals surface area contributed by atoms with Crippen LogP contribution in [0.1, 0.15) is 6.92 Å². The van der Waals surface area contributed by atoms with E-state index in [4.69, 9.17) is 9.47 Å². The second-order valence-electron chi connectivity index (χ2n) is 8.14. The standard InChI is InChI=1S/C23H21FN6O5/c1-23-20(32)25-9-14(31)11-34-15-5-2-12(3-6-15)28-22-26-10-16(24)19(30-22)27-13-4-7-18(35-23)17(8-13)29-21(23)33/h2-8,10,14,31H,9,11H2,1H3,(H,25,32)(H,29,33)(H2,26,27,28,30). The van der Waals surface area contributed by atoms with E-state index in [2.05, 4.69) is 31.2 Å². The molecule has 1 aromatic heterocycles. The van der Waals surface area contributed by atoms with Crippen molar-refractivity contribution < 1.29 is 28.6 Å². The molecular formula is C23H21FN6O5. The van der Waals surface area contributed by atoms with Crippen molar-refractivity contribution in [2.45, 2.75) is 18.6 Å². The minimum Gasteiger partial charge on any atom is -0.491 e. The van der Waals surface area contributed by atoms with Crippen LogP contribution in [0.15, 0.2) is 48.7 Å². The van der Waals surface area contributed by atoms with E-state index < -0.39 is 29.3 Å². The third-order valence-electron chi connectivity index (χ3n) is 5.47. The first-order chi connectivity index (χ1) is 16.8. The molecule has 10 rings (SSSR count). The number of nitrogens with one attached hydrogen (secondary N) is 4. The zero-order chi connectivity index (χ0) is 24.6. The lowest BCUT2D eigenvalue weighted by molar-refractivity contribution is -0.147. The quantitative estimate of drug-likeness (QED) is 0.305. The summed E-state index contributed by atoms with van der Waals surface area (Å²) in [6.45, 7) is 1.08. The fourth-order valence-electron chi connectivity index (χ4n) is 3.50. The van der Waals surface area contributed by atoms with Gasteiger partial charge >= 0.3 is 0 Å². The first kappa shape index (κ1) is 22.3. The Morgan fingerprint density at radius 2 is 1.83 bits per heavy atom. The van der Waals surface area contributed by atoms with Crippen LogP contribution in [0.5, 0.6) is 11.5 Å². The van der Waals surface area contributed by atoms with Gasteiger partial charge in [-0.1, -0.05) is 0 Å². The summed E-state index contributed by atoms with van der Waals surface area (Å²) < 4.78 is 25.7. The Morgan fingerprint density at radius 3 is 2.63 bits per heavy atom. The van der Waals surface area contributed by atoms with Crippen LogP contribution in [-0.4, -0.2) is 51.7 Å². The molecule has 0 aliphatic carbocycles. The molecule has 8 heterocycles. The van der Waals surface area contributed by atoms with Gasteiger partial charge in [-0.25, -0.2) is 9.37 Å². The van der Waals surface area contributed by atoms with Crippen molar-refractivity contribution in [3.05, 3.63) is 54.5 Å². The van der Waals surface area contributed by atoms with Gasteiger partial charge in [0, 0.05) is 17.9 Å². The lowest BCUT2D eigenvalue weighted by Gasteiger charge is -2.33. The Balaban J connectivity index is 1.50. The van der Waals surface area contributed by atoms with Gasteiger partial charge in [0.25, 0.3) is 17.4 Å². The number of benzene rings is 2. The molecule has 0 saturated carbocycles. The summed E-state index contributed by atoms with van der Waals surface area (Å²) in [6, 6.07) is 11.4. The molecular weight excluding hydrogens is 459 g/mol. The second kappa shape index (κ2) is 8.72. The fraction of sp³-hybridized carbons (Fsp3) is 0.217. The van der Waals surface area contributed by atoms with Gasteiger partial charge < -0.3 is 35.8 Å².